The molecule has 0 fully saturated rings. The van der Waals surface area contributed by atoms with Crippen LogP contribution in [-0.4, -0.2) is 89.7 Å². The Hall–Kier alpha value is 0.175. The largest absolute Gasteiger partial charge is 0.478 e. The quantitative estimate of drug-likeness (QED) is 0.0810. The molecule has 46 heavy (non-hydrogen) atoms. The van der Waals surface area contributed by atoms with Gasteiger partial charge in [0.1, 0.15) is 0 Å². The molecule has 2 N–H and O–H groups in total. The van der Waals surface area contributed by atoms with Gasteiger partial charge in [-0.2, -0.15) is 0 Å². The Labute approximate surface area is 289 Å². The first-order valence-corrected chi connectivity index (χ1v) is 40.8. The summed E-state index contributed by atoms with van der Waals surface area (Å²) in [5.41, 5.74) is -0.0597. The third kappa shape index (κ3) is 21.3. The summed E-state index contributed by atoms with van der Waals surface area (Å²) in [5, 5.41) is 20.2. The van der Waals surface area contributed by atoms with Gasteiger partial charge in [-0.3, -0.25) is 0 Å². The molecule has 10 nitrogen and oxygen atoms in total. The van der Waals surface area contributed by atoms with Crippen LogP contribution < -0.4 is 0 Å². The molecule has 0 atom stereocenters. The van der Waals surface area contributed by atoms with E-state index in [9.17, 15) is 19.8 Å². The predicted molar refractivity (Wildman–Crippen MR) is 208 cm³/mol. The summed E-state index contributed by atoms with van der Waals surface area (Å²) in [7, 11) is -18.4. The molecule has 0 aliphatic carbocycles. The number of hydrogen-bond donors (Lipinski definition) is 2. The zero-order chi connectivity index (χ0) is 36.8. The van der Waals surface area contributed by atoms with Crippen molar-refractivity contribution >= 4 is 79.5 Å². The van der Waals surface area contributed by atoms with Crippen molar-refractivity contribution in [3.8, 4) is 0 Å². The minimum Gasteiger partial charge on any atom is -0.478 e. The first kappa shape index (κ1) is 46.2. The van der Waals surface area contributed by atoms with Gasteiger partial charge >= 0.3 is 29.5 Å². The van der Waals surface area contributed by atoms with E-state index in [-0.39, 0.29) is 24.0 Å². The lowest BCUT2D eigenvalue weighted by Gasteiger charge is -2.41. The number of carboxylic acids is 2. The molecule has 0 saturated heterocycles. The molecule has 0 unspecified atom stereocenters. The van der Waals surface area contributed by atoms with Crippen molar-refractivity contribution in [1.82, 2.24) is 0 Å². The lowest BCUT2D eigenvalue weighted by atomic mass is 10.00. The van der Waals surface area contributed by atoms with E-state index in [0.29, 0.717) is 24.9 Å². The fraction of sp³-hybridized carbons (Fsp3) is 0.857. The van der Waals surface area contributed by atoms with Crippen LogP contribution in [0.2, 0.25) is 130 Å². The van der Waals surface area contributed by atoms with E-state index in [2.05, 4.69) is 105 Å². The fourth-order valence-electron chi connectivity index (χ4n) is 5.61. The molecule has 0 heterocycles. The van der Waals surface area contributed by atoms with E-state index in [0.717, 1.165) is 0 Å². The number of carboxylic acid groups (broad SMARTS) is 2. The maximum atomic E-state index is 12.4. The van der Waals surface area contributed by atoms with E-state index in [1.807, 2.05) is 13.1 Å². The van der Waals surface area contributed by atoms with E-state index in [1.54, 1.807) is 0 Å². The summed E-state index contributed by atoms with van der Waals surface area (Å²) in [6.45, 7) is 37.9. The molecule has 0 amide bonds. The van der Waals surface area contributed by atoms with Crippen LogP contribution >= 0.6 is 0 Å². The van der Waals surface area contributed by atoms with Gasteiger partial charge in [0, 0.05) is 24.2 Å². The van der Waals surface area contributed by atoms with Gasteiger partial charge in [0.25, 0.3) is 0 Å². The summed E-state index contributed by atoms with van der Waals surface area (Å²) in [4.78, 5) is 24.7. The molecule has 0 saturated carbocycles. The minimum absolute atomic E-state index is 0.0299. The molecule has 0 rings (SSSR count). The van der Waals surface area contributed by atoms with Crippen LogP contribution in [0.15, 0.2) is 11.1 Å². The van der Waals surface area contributed by atoms with Crippen LogP contribution in [0.5, 0.6) is 0 Å². The second-order valence-electron chi connectivity index (χ2n) is 17.6. The second-order valence-corrected chi connectivity index (χ2v) is 50.9. The summed E-state index contributed by atoms with van der Waals surface area (Å²) in [6.07, 6.45) is 1.35. The van der Waals surface area contributed by atoms with Crippen molar-refractivity contribution in [3.63, 3.8) is 0 Å². The van der Waals surface area contributed by atoms with Gasteiger partial charge in [-0.15, -0.1) is 0 Å². The smallest absolute Gasteiger partial charge is 0.466 e. The van der Waals surface area contributed by atoms with Crippen LogP contribution in [0.1, 0.15) is 25.7 Å². The number of carbonyl (C=O) groups is 2. The average molecular weight is 790 g/mol. The topological polar surface area (TPSA) is 130 Å². The Balaban J connectivity index is 5.80. The standard InChI is InChI=1S/C28H68O10Si8/c1-39(2,3)33-45(17,34-40(4,5)6)37-43(13,14)23-19-21-25(27(29)30)26(28(31)32)22-20-24-44(15,16)38-46(18,35-41(7,8)9)36-42(10,11)12/h19-24H2,1-18H3,(H,29,30)(H,31,32)/b26-25+. The Bertz CT molecular complexity index is 940. The predicted octanol–water partition coefficient (Wildman–Crippen LogP) is 9.00. The molecule has 0 aliphatic rings. The Morgan fingerprint density at radius 3 is 0.804 bits per heavy atom. The van der Waals surface area contributed by atoms with Gasteiger partial charge in [-0.05, 0) is 143 Å². The zero-order valence-electron chi connectivity index (χ0n) is 32.4. The van der Waals surface area contributed by atoms with Gasteiger partial charge in [0.05, 0.1) is 0 Å². The maximum absolute atomic E-state index is 12.4. The first-order chi connectivity index (χ1) is 20.1. The van der Waals surface area contributed by atoms with Gasteiger partial charge in [0.2, 0.25) is 0 Å². The highest BCUT2D eigenvalue weighted by Gasteiger charge is 2.48. The lowest BCUT2D eigenvalue weighted by molar-refractivity contribution is -0.136. The van der Waals surface area contributed by atoms with Crippen LogP contribution in [0.3, 0.4) is 0 Å². The van der Waals surface area contributed by atoms with E-state index < -0.39 is 79.5 Å². The van der Waals surface area contributed by atoms with Crippen LogP contribution in [0.25, 0.3) is 0 Å². The zero-order valence-corrected chi connectivity index (χ0v) is 40.4. The molecule has 0 aliphatic heterocycles. The molecule has 0 bridgehead atoms. The molecule has 0 radical (unpaired) electrons. The molecule has 0 aromatic heterocycles. The van der Waals surface area contributed by atoms with Gasteiger partial charge in [-0.1, -0.05) is 0 Å². The molecular formula is C28H68O10Si8. The van der Waals surface area contributed by atoms with Crippen molar-refractivity contribution < 1.29 is 44.5 Å². The number of hydrogen-bond acceptors (Lipinski definition) is 8. The Morgan fingerprint density at radius 1 is 0.413 bits per heavy atom. The van der Waals surface area contributed by atoms with Crippen molar-refractivity contribution in [2.24, 2.45) is 0 Å². The van der Waals surface area contributed by atoms with Crippen molar-refractivity contribution in [2.45, 2.75) is 156 Å². The number of aliphatic carboxylic acids is 2. The summed E-state index contributed by atoms with van der Waals surface area (Å²) >= 11 is 0. The van der Waals surface area contributed by atoms with E-state index in [1.165, 1.54) is 0 Å². The van der Waals surface area contributed by atoms with Crippen LogP contribution in [0, 0.1) is 0 Å². The highest BCUT2D eigenvalue weighted by atomic mass is 28.5. The Morgan fingerprint density at radius 2 is 0.630 bits per heavy atom. The fourth-order valence-corrected chi connectivity index (χ4v) is 37.6. The maximum Gasteiger partial charge on any atom is 0.466 e. The highest BCUT2D eigenvalue weighted by Crippen LogP contribution is 2.31. The molecule has 18 heteroatoms. The van der Waals surface area contributed by atoms with Crippen molar-refractivity contribution in [3.05, 3.63) is 11.1 Å². The van der Waals surface area contributed by atoms with Crippen LogP contribution in [-0.2, 0) is 34.3 Å². The van der Waals surface area contributed by atoms with E-state index >= 15 is 0 Å². The van der Waals surface area contributed by atoms with Crippen molar-refractivity contribution in [2.75, 3.05) is 0 Å². The number of rotatable bonds is 22. The van der Waals surface area contributed by atoms with Gasteiger partial charge < -0.3 is 34.9 Å². The SMILES string of the molecule is C[Si](C)(C)O[Si](C)(O[Si](C)(C)C)O[Si](C)(C)CCC/C(C(=O)O)=C(/CCC[Si](C)(C)O[Si](C)(O[Si](C)(C)C)O[Si](C)(C)C)C(=O)O. The molecule has 272 valence electrons. The van der Waals surface area contributed by atoms with Gasteiger partial charge in [0.15, 0.2) is 49.9 Å². The summed E-state index contributed by atoms with van der Waals surface area (Å²) in [6, 6.07) is 1.32. The van der Waals surface area contributed by atoms with Gasteiger partial charge in [-0.25, -0.2) is 9.59 Å². The average Bonchev–Trinajstić information content (AvgIpc) is 2.66. The second kappa shape index (κ2) is 16.9. The van der Waals surface area contributed by atoms with Crippen LogP contribution in [0.4, 0.5) is 0 Å². The lowest BCUT2D eigenvalue weighted by Crippen LogP contribution is -2.59. The molecular weight excluding hydrogens is 721 g/mol. The monoisotopic (exact) mass is 788 g/mol. The highest BCUT2D eigenvalue weighted by molar-refractivity contribution is 6.90. The summed E-state index contributed by atoms with van der Waals surface area (Å²) < 4.78 is 39.6. The minimum atomic E-state index is -2.93. The third-order valence-corrected chi connectivity index (χ3v) is 32.4. The molecule has 0 aromatic carbocycles. The molecule has 0 spiro atoms. The first-order valence-electron chi connectivity index (χ1n) is 16.5. The third-order valence-electron chi connectivity index (χ3n) is 6.18. The summed E-state index contributed by atoms with van der Waals surface area (Å²) in [5.74, 6) is -2.36. The van der Waals surface area contributed by atoms with Crippen molar-refractivity contribution in [1.29, 1.82) is 0 Å². The molecule has 0 aromatic rings. The Kier molecular flexibility index (Phi) is 17.0. The normalized spacial score (nSPS) is 15.2. The van der Waals surface area contributed by atoms with E-state index in [4.69, 9.17) is 24.7 Å².